The molecule has 0 amide bonds. The summed E-state index contributed by atoms with van der Waals surface area (Å²) >= 11 is 0. The molecular formula is C18H20N6O. The van der Waals surface area contributed by atoms with Crippen LogP contribution in [0.1, 0.15) is 30.5 Å². The average Bonchev–Trinajstić information content (AvgIpc) is 2.79. The summed E-state index contributed by atoms with van der Waals surface area (Å²) in [7, 11) is 1.63. The maximum Gasteiger partial charge on any atom is 0.185 e. The lowest BCUT2D eigenvalue weighted by atomic mass is 10.1. The molecule has 4 rings (SSSR count). The highest BCUT2D eigenvalue weighted by atomic mass is 16.5. The molecule has 25 heavy (non-hydrogen) atoms. The lowest BCUT2D eigenvalue weighted by molar-refractivity contribution is 0.415. The van der Waals surface area contributed by atoms with Crippen molar-refractivity contribution in [1.82, 2.24) is 14.6 Å². The van der Waals surface area contributed by atoms with Gasteiger partial charge in [0.05, 0.1) is 12.8 Å². The number of anilines is 1. The Morgan fingerprint density at radius 1 is 1.08 bits per heavy atom. The van der Waals surface area contributed by atoms with Gasteiger partial charge in [0.1, 0.15) is 5.75 Å². The van der Waals surface area contributed by atoms with E-state index in [0.717, 1.165) is 24.3 Å². The van der Waals surface area contributed by atoms with Gasteiger partial charge in [-0.05, 0) is 55.5 Å². The Bertz CT molecular complexity index is 929. The van der Waals surface area contributed by atoms with Crippen LogP contribution in [0.15, 0.2) is 40.7 Å². The zero-order chi connectivity index (χ0) is 17.2. The number of nitrogen functional groups attached to an aromatic ring is 1. The van der Waals surface area contributed by atoms with Crippen molar-refractivity contribution >= 4 is 22.8 Å². The smallest absolute Gasteiger partial charge is 0.185 e. The van der Waals surface area contributed by atoms with Gasteiger partial charge in [0.15, 0.2) is 17.2 Å². The third-order valence-electron chi connectivity index (χ3n) is 4.47. The van der Waals surface area contributed by atoms with Crippen molar-refractivity contribution in [3.63, 3.8) is 0 Å². The van der Waals surface area contributed by atoms with Crippen molar-refractivity contribution in [3.8, 4) is 5.75 Å². The SMILES string of the molecule is COc1ccc(N=Nc2c(N)nn3cc4c(nc23)CCCCC4)cc1. The molecule has 0 fully saturated rings. The van der Waals surface area contributed by atoms with E-state index in [-0.39, 0.29) is 0 Å². The minimum atomic E-state index is 0.338. The third-order valence-corrected chi connectivity index (χ3v) is 4.47. The highest BCUT2D eigenvalue weighted by Gasteiger charge is 2.16. The molecule has 0 saturated carbocycles. The number of hydrogen-bond acceptors (Lipinski definition) is 6. The van der Waals surface area contributed by atoms with Gasteiger partial charge in [-0.2, -0.15) is 5.11 Å². The second-order valence-corrected chi connectivity index (χ2v) is 6.17. The summed E-state index contributed by atoms with van der Waals surface area (Å²) in [5.41, 5.74) is 10.3. The minimum Gasteiger partial charge on any atom is -0.497 e. The van der Waals surface area contributed by atoms with Crippen molar-refractivity contribution in [2.75, 3.05) is 12.8 Å². The van der Waals surface area contributed by atoms with Crippen molar-refractivity contribution < 1.29 is 4.74 Å². The average molecular weight is 336 g/mol. The van der Waals surface area contributed by atoms with Crippen LogP contribution in [0.2, 0.25) is 0 Å². The van der Waals surface area contributed by atoms with Crippen LogP contribution >= 0.6 is 0 Å². The monoisotopic (exact) mass is 336 g/mol. The van der Waals surface area contributed by atoms with Gasteiger partial charge in [0, 0.05) is 11.9 Å². The van der Waals surface area contributed by atoms with Crippen LogP contribution in [-0.4, -0.2) is 21.7 Å². The minimum absolute atomic E-state index is 0.338. The molecule has 0 bridgehead atoms. The molecule has 0 radical (unpaired) electrons. The van der Waals surface area contributed by atoms with Crippen LogP contribution in [0.3, 0.4) is 0 Å². The summed E-state index contributed by atoms with van der Waals surface area (Å²) in [6, 6.07) is 7.35. The fourth-order valence-corrected chi connectivity index (χ4v) is 3.11. The molecule has 128 valence electrons. The van der Waals surface area contributed by atoms with E-state index < -0.39 is 0 Å². The van der Waals surface area contributed by atoms with Gasteiger partial charge >= 0.3 is 0 Å². The van der Waals surface area contributed by atoms with E-state index >= 15 is 0 Å². The lowest BCUT2D eigenvalue weighted by Gasteiger charge is -2.05. The quantitative estimate of drug-likeness (QED) is 0.578. The molecule has 2 heterocycles. The summed E-state index contributed by atoms with van der Waals surface area (Å²) in [5, 5.41) is 12.9. The number of nitrogens with two attached hydrogens (primary N) is 1. The summed E-state index contributed by atoms with van der Waals surface area (Å²) in [4.78, 5) is 4.78. The predicted molar refractivity (Wildman–Crippen MR) is 95.8 cm³/mol. The first kappa shape index (κ1) is 15.6. The number of nitrogens with zero attached hydrogens (tertiary/aromatic N) is 5. The largest absolute Gasteiger partial charge is 0.497 e. The highest BCUT2D eigenvalue weighted by Crippen LogP contribution is 2.30. The Kier molecular flexibility index (Phi) is 4.05. The number of benzene rings is 1. The zero-order valence-corrected chi connectivity index (χ0v) is 14.1. The maximum absolute atomic E-state index is 6.05. The first-order chi connectivity index (χ1) is 12.2. The second kappa shape index (κ2) is 6.51. The Labute approximate surface area is 145 Å². The van der Waals surface area contributed by atoms with Gasteiger partial charge in [0.25, 0.3) is 0 Å². The van der Waals surface area contributed by atoms with E-state index in [1.54, 1.807) is 11.6 Å². The van der Waals surface area contributed by atoms with Crippen LogP contribution in [-0.2, 0) is 12.8 Å². The predicted octanol–water partition coefficient (Wildman–Crippen LogP) is 4.00. The standard InChI is InChI=1S/C18H20N6O/c1-25-14-9-7-13(8-10-14)21-22-16-17(19)23-24-11-12-5-3-2-4-6-15(12)20-18(16)24/h7-11H,2-6H2,1H3,(H2,19,23). The van der Waals surface area contributed by atoms with E-state index in [4.69, 9.17) is 15.5 Å². The molecule has 1 aromatic carbocycles. The van der Waals surface area contributed by atoms with Gasteiger partial charge in [-0.1, -0.05) is 6.42 Å². The Hall–Kier alpha value is -2.96. The van der Waals surface area contributed by atoms with Crippen LogP contribution < -0.4 is 10.5 Å². The molecule has 0 unspecified atom stereocenters. The van der Waals surface area contributed by atoms with Crippen molar-refractivity contribution in [3.05, 3.63) is 41.7 Å². The zero-order valence-electron chi connectivity index (χ0n) is 14.1. The topological polar surface area (TPSA) is 90.2 Å². The fraction of sp³-hybridized carbons (Fsp3) is 0.333. The van der Waals surface area contributed by atoms with E-state index in [1.165, 1.54) is 24.8 Å². The van der Waals surface area contributed by atoms with Gasteiger partial charge in [-0.25, -0.2) is 9.50 Å². The molecule has 1 aliphatic rings. The summed E-state index contributed by atoms with van der Waals surface area (Å²) in [5.74, 6) is 1.11. The second-order valence-electron chi connectivity index (χ2n) is 6.17. The van der Waals surface area contributed by atoms with Gasteiger partial charge in [-0.3, -0.25) is 0 Å². The molecule has 0 atom stereocenters. The van der Waals surface area contributed by atoms with E-state index in [1.807, 2.05) is 30.5 Å². The van der Waals surface area contributed by atoms with E-state index in [0.29, 0.717) is 22.8 Å². The van der Waals surface area contributed by atoms with Crippen LogP contribution in [0.25, 0.3) is 5.65 Å². The van der Waals surface area contributed by atoms with Crippen molar-refractivity contribution in [2.45, 2.75) is 32.1 Å². The number of aryl methyl sites for hydroxylation is 2. The normalized spacial score (nSPS) is 14.6. The lowest BCUT2D eigenvalue weighted by Crippen LogP contribution is -2.01. The molecule has 2 N–H and O–H groups in total. The number of aromatic nitrogens is 3. The van der Waals surface area contributed by atoms with Crippen molar-refractivity contribution in [1.29, 1.82) is 0 Å². The Morgan fingerprint density at radius 2 is 1.88 bits per heavy atom. The number of fused-ring (bicyclic) bond motifs is 2. The fourth-order valence-electron chi connectivity index (χ4n) is 3.11. The number of rotatable bonds is 3. The number of azo groups is 1. The molecule has 1 aliphatic carbocycles. The molecule has 0 saturated heterocycles. The van der Waals surface area contributed by atoms with Crippen LogP contribution in [0, 0.1) is 0 Å². The molecule has 0 aliphatic heterocycles. The molecule has 2 aromatic heterocycles. The van der Waals surface area contributed by atoms with Crippen molar-refractivity contribution in [2.24, 2.45) is 10.2 Å². The van der Waals surface area contributed by atoms with Crippen LogP contribution in [0.5, 0.6) is 5.75 Å². The third kappa shape index (κ3) is 3.05. The number of hydrogen-bond donors (Lipinski definition) is 1. The molecule has 7 heteroatoms. The summed E-state index contributed by atoms with van der Waals surface area (Å²) in [6.45, 7) is 0. The number of methoxy groups -OCH3 is 1. The summed E-state index contributed by atoms with van der Waals surface area (Å²) in [6.07, 6.45) is 7.67. The molecular weight excluding hydrogens is 316 g/mol. The van der Waals surface area contributed by atoms with Crippen LogP contribution in [0.4, 0.5) is 17.2 Å². The van der Waals surface area contributed by atoms with Gasteiger partial charge < -0.3 is 10.5 Å². The highest BCUT2D eigenvalue weighted by molar-refractivity contribution is 5.75. The first-order valence-corrected chi connectivity index (χ1v) is 8.47. The molecule has 3 aromatic rings. The molecule has 7 nitrogen and oxygen atoms in total. The molecule has 0 spiro atoms. The number of ether oxygens (including phenoxy) is 1. The van der Waals surface area contributed by atoms with Gasteiger partial charge in [0.2, 0.25) is 0 Å². The maximum atomic E-state index is 6.05. The van der Waals surface area contributed by atoms with E-state index in [9.17, 15) is 0 Å². The van der Waals surface area contributed by atoms with E-state index in [2.05, 4.69) is 15.3 Å². The summed E-state index contributed by atoms with van der Waals surface area (Å²) < 4.78 is 6.87. The van der Waals surface area contributed by atoms with Gasteiger partial charge in [-0.15, -0.1) is 10.2 Å². The Balaban J connectivity index is 1.71. The first-order valence-electron chi connectivity index (χ1n) is 8.47. The Morgan fingerprint density at radius 3 is 2.68 bits per heavy atom.